The third-order valence-electron chi connectivity index (χ3n) is 6.27. The number of hydrogen-bond acceptors (Lipinski definition) is 3. The summed E-state index contributed by atoms with van der Waals surface area (Å²) in [6.45, 7) is 3.77. The fraction of sp³-hybridized carbons (Fsp3) is 0.526. The number of aromatic nitrogens is 1. The first kappa shape index (κ1) is 13.8. The maximum absolute atomic E-state index is 12.9. The van der Waals surface area contributed by atoms with Crippen molar-refractivity contribution >= 4 is 16.8 Å². The Bertz CT molecular complexity index is 824. The lowest BCUT2D eigenvalue weighted by atomic mass is 9.72. The van der Waals surface area contributed by atoms with Gasteiger partial charge in [-0.2, -0.15) is 0 Å². The summed E-state index contributed by atoms with van der Waals surface area (Å²) >= 11 is 0. The molecule has 4 heteroatoms. The molecule has 0 spiro atoms. The lowest BCUT2D eigenvalue weighted by molar-refractivity contribution is -0.0892. The molecular formula is C19H22N2O2. The minimum Gasteiger partial charge on any atom is -0.389 e. The standard InChI is InChI=1S/C19H22N2O2/c1-2-19(23)10-12-9-16(22)21-15-6-4-3-5-13(15)14-7-8-20(11-19)17(12)18(14)21/h3-6,12,17,23H,2,7-11H2,1H3. The summed E-state index contributed by atoms with van der Waals surface area (Å²) in [7, 11) is 0. The molecule has 3 aliphatic rings. The van der Waals surface area contributed by atoms with E-state index in [1.807, 2.05) is 10.6 Å². The minimum atomic E-state index is -0.632. The smallest absolute Gasteiger partial charge is 0.231 e. The van der Waals surface area contributed by atoms with Gasteiger partial charge in [-0.1, -0.05) is 25.1 Å². The van der Waals surface area contributed by atoms with E-state index in [-0.39, 0.29) is 11.8 Å². The lowest BCUT2D eigenvalue weighted by Gasteiger charge is -2.52. The van der Waals surface area contributed by atoms with E-state index in [0.717, 1.165) is 37.9 Å². The maximum atomic E-state index is 12.9. The van der Waals surface area contributed by atoms with Crippen LogP contribution in [0.2, 0.25) is 0 Å². The number of nitrogens with zero attached hydrogens (tertiary/aromatic N) is 2. The van der Waals surface area contributed by atoms with Crippen molar-refractivity contribution in [2.45, 2.75) is 44.2 Å². The van der Waals surface area contributed by atoms with E-state index in [1.165, 1.54) is 16.6 Å². The van der Waals surface area contributed by atoms with E-state index >= 15 is 0 Å². The van der Waals surface area contributed by atoms with Gasteiger partial charge in [0.05, 0.1) is 17.2 Å². The van der Waals surface area contributed by atoms with Gasteiger partial charge in [0.25, 0.3) is 0 Å². The highest BCUT2D eigenvalue weighted by atomic mass is 16.3. The molecular weight excluding hydrogens is 288 g/mol. The van der Waals surface area contributed by atoms with E-state index in [9.17, 15) is 9.90 Å². The average Bonchev–Trinajstić information content (AvgIpc) is 2.89. The van der Waals surface area contributed by atoms with Crippen LogP contribution in [0.4, 0.5) is 0 Å². The van der Waals surface area contributed by atoms with E-state index in [1.54, 1.807) is 0 Å². The second-order valence-corrected chi connectivity index (χ2v) is 7.52. The van der Waals surface area contributed by atoms with E-state index in [0.29, 0.717) is 12.5 Å². The van der Waals surface area contributed by atoms with Crippen molar-refractivity contribution in [2.75, 3.05) is 13.1 Å². The molecule has 3 atom stereocenters. The van der Waals surface area contributed by atoms with Gasteiger partial charge in [-0.3, -0.25) is 14.3 Å². The SMILES string of the molecule is CCC1(O)CC2CC(=O)n3c4c(c5ccccc53)CCN(C1)C42. The molecule has 0 saturated carbocycles. The minimum absolute atomic E-state index is 0.200. The number of piperidine rings is 1. The molecule has 1 N–H and O–H groups in total. The summed E-state index contributed by atoms with van der Waals surface area (Å²) in [6, 6.07) is 8.61. The van der Waals surface area contributed by atoms with Crippen LogP contribution in [0.25, 0.3) is 10.9 Å². The molecule has 4 heterocycles. The third kappa shape index (κ3) is 1.71. The number of para-hydroxylation sites is 1. The zero-order chi connectivity index (χ0) is 15.8. The zero-order valence-electron chi connectivity index (χ0n) is 13.5. The largest absolute Gasteiger partial charge is 0.389 e. The molecule has 23 heavy (non-hydrogen) atoms. The first-order valence-electron chi connectivity index (χ1n) is 8.73. The Balaban J connectivity index is 1.75. The topological polar surface area (TPSA) is 45.5 Å². The average molecular weight is 310 g/mol. The van der Waals surface area contributed by atoms with Crippen LogP contribution in [0.15, 0.2) is 24.3 Å². The number of carbonyl (C=O) groups is 1. The lowest BCUT2D eigenvalue weighted by Crippen LogP contribution is -2.57. The van der Waals surface area contributed by atoms with Gasteiger partial charge in [0, 0.05) is 30.6 Å². The highest BCUT2D eigenvalue weighted by Crippen LogP contribution is 2.50. The number of carbonyl (C=O) groups excluding carboxylic acids is 1. The predicted molar refractivity (Wildman–Crippen MR) is 88.5 cm³/mol. The van der Waals surface area contributed by atoms with Crippen molar-refractivity contribution in [1.29, 1.82) is 0 Å². The first-order valence-corrected chi connectivity index (χ1v) is 8.73. The van der Waals surface area contributed by atoms with Crippen molar-refractivity contribution in [2.24, 2.45) is 5.92 Å². The Kier molecular flexibility index (Phi) is 2.67. The van der Waals surface area contributed by atoms with Crippen LogP contribution in [0.3, 0.4) is 0 Å². The number of rotatable bonds is 1. The van der Waals surface area contributed by atoms with Crippen LogP contribution < -0.4 is 0 Å². The summed E-state index contributed by atoms with van der Waals surface area (Å²) in [6.07, 6.45) is 3.03. The highest BCUT2D eigenvalue weighted by Gasteiger charge is 2.50. The van der Waals surface area contributed by atoms with Gasteiger partial charge in [-0.15, -0.1) is 0 Å². The Labute approximate surface area is 135 Å². The predicted octanol–water partition coefficient (Wildman–Crippen LogP) is 2.75. The van der Waals surface area contributed by atoms with Gasteiger partial charge in [-0.05, 0) is 36.8 Å². The van der Waals surface area contributed by atoms with Gasteiger partial charge in [0.2, 0.25) is 5.91 Å². The van der Waals surface area contributed by atoms with Crippen LogP contribution in [0.5, 0.6) is 0 Å². The Morgan fingerprint density at radius 1 is 1.35 bits per heavy atom. The van der Waals surface area contributed by atoms with Crippen LogP contribution in [-0.4, -0.2) is 39.2 Å². The fourth-order valence-electron chi connectivity index (χ4n) is 5.23. The molecule has 1 saturated heterocycles. The summed E-state index contributed by atoms with van der Waals surface area (Å²) in [5, 5.41) is 12.1. The molecule has 2 aromatic rings. The van der Waals surface area contributed by atoms with Crippen molar-refractivity contribution in [1.82, 2.24) is 9.47 Å². The fourth-order valence-corrected chi connectivity index (χ4v) is 5.23. The Hall–Kier alpha value is -1.65. The molecule has 3 aliphatic heterocycles. The van der Waals surface area contributed by atoms with Gasteiger partial charge in [0.1, 0.15) is 0 Å². The highest BCUT2D eigenvalue weighted by molar-refractivity contribution is 5.97. The zero-order valence-corrected chi connectivity index (χ0v) is 13.5. The number of aliphatic hydroxyl groups is 1. The molecule has 0 radical (unpaired) electrons. The molecule has 4 nitrogen and oxygen atoms in total. The molecule has 5 rings (SSSR count). The van der Waals surface area contributed by atoms with Crippen molar-refractivity contribution in [3.8, 4) is 0 Å². The molecule has 1 fully saturated rings. The third-order valence-corrected chi connectivity index (χ3v) is 6.27. The number of hydrogen-bond donors (Lipinski definition) is 1. The van der Waals surface area contributed by atoms with Crippen molar-refractivity contribution < 1.29 is 9.90 Å². The number of benzene rings is 1. The van der Waals surface area contributed by atoms with Crippen LogP contribution >= 0.6 is 0 Å². The molecule has 1 aromatic carbocycles. The Morgan fingerprint density at radius 3 is 3.00 bits per heavy atom. The van der Waals surface area contributed by atoms with E-state index in [4.69, 9.17) is 0 Å². The summed E-state index contributed by atoms with van der Waals surface area (Å²) in [5.74, 6) is 0.447. The number of fused-ring (bicyclic) bond motifs is 3. The van der Waals surface area contributed by atoms with Gasteiger partial charge >= 0.3 is 0 Å². The van der Waals surface area contributed by atoms with Crippen molar-refractivity contribution in [3.63, 3.8) is 0 Å². The summed E-state index contributed by atoms with van der Waals surface area (Å²) in [4.78, 5) is 15.3. The quantitative estimate of drug-likeness (QED) is 0.881. The van der Waals surface area contributed by atoms with Crippen molar-refractivity contribution in [3.05, 3.63) is 35.5 Å². The van der Waals surface area contributed by atoms with Gasteiger partial charge < -0.3 is 5.11 Å². The summed E-state index contributed by atoms with van der Waals surface area (Å²) in [5.41, 5.74) is 3.02. The molecule has 1 aromatic heterocycles. The molecule has 0 aliphatic carbocycles. The van der Waals surface area contributed by atoms with Crippen LogP contribution in [-0.2, 0) is 6.42 Å². The second kappa shape index (κ2) is 4.46. The monoisotopic (exact) mass is 310 g/mol. The second-order valence-electron chi connectivity index (χ2n) is 7.52. The molecule has 3 unspecified atom stereocenters. The van der Waals surface area contributed by atoms with Gasteiger partial charge in [0.15, 0.2) is 0 Å². The van der Waals surface area contributed by atoms with E-state index in [2.05, 4.69) is 30.0 Å². The van der Waals surface area contributed by atoms with Gasteiger partial charge in [-0.25, -0.2) is 0 Å². The van der Waals surface area contributed by atoms with E-state index < -0.39 is 5.60 Å². The Morgan fingerprint density at radius 2 is 2.17 bits per heavy atom. The summed E-state index contributed by atoms with van der Waals surface area (Å²) < 4.78 is 1.98. The van der Waals surface area contributed by atoms with Crippen LogP contribution in [0.1, 0.15) is 48.3 Å². The molecule has 120 valence electrons. The van der Waals surface area contributed by atoms with Crippen LogP contribution in [0, 0.1) is 5.92 Å². The molecule has 0 bridgehead atoms. The normalized spacial score (nSPS) is 33.0. The maximum Gasteiger partial charge on any atom is 0.231 e. The first-order chi connectivity index (χ1) is 11.1. The molecule has 0 amide bonds.